The van der Waals surface area contributed by atoms with Crippen LogP contribution in [0.3, 0.4) is 0 Å². The zero-order valence-corrected chi connectivity index (χ0v) is 12.7. The Morgan fingerprint density at radius 2 is 2.18 bits per heavy atom. The molecule has 1 heterocycles. The van der Waals surface area contributed by atoms with Crippen LogP contribution in [0.5, 0.6) is 5.75 Å². The van der Waals surface area contributed by atoms with Gasteiger partial charge in [0.05, 0.1) is 23.2 Å². The van der Waals surface area contributed by atoms with E-state index in [4.69, 9.17) is 38.3 Å². The van der Waals surface area contributed by atoms with Crippen LogP contribution in [0.15, 0.2) is 28.0 Å². The molecule has 2 rings (SSSR count). The van der Waals surface area contributed by atoms with Crippen LogP contribution < -0.4 is 10.1 Å². The Morgan fingerprint density at radius 1 is 1.50 bits per heavy atom. The monoisotopic (exact) mass is 348 g/mol. The van der Waals surface area contributed by atoms with Crippen LogP contribution >= 0.6 is 23.2 Å². The molecule has 0 spiro atoms. The summed E-state index contributed by atoms with van der Waals surface area (Å²) in [6.45, 7) is 0. The number of rotatable bonds is 3. The van der Waals surface area contributed by atoms with Crippen molar-refractivity contribution in [1.82, 2.24) is 5.32 Å². The van der Waals surface area contributed by atoms with E-state index in [9.17, 15) is 9.18 Å². The van der Waals surface area contributed by atoms with E-state index < -0.39 is 17.8 Å². The van der Waals surface area contributed by atoms with E-state index in [2.05, 4.69) is 10.5 Å². The van der Waals surface area contributed by atoms with Gasteiger partial charge in [-0.05, 0) is 6.07 Å². The third-order valence-electron chi connectivity index (χ3n) is 3.18. The second kappa shape index (κ2) is 6.41. The first kappa shape index (κ1) is 16.4. The number of methoxy groups -OCH3 is 1. The van der Waals surface area contributed by atoms with E-state index in [1.165, 1.54) is 19.2 Å². The SMILES string of the molecule is COc1c(Cl)ccc(C2CC(=NO)C(Cl)=C(C(=O)O)N2)c1F. The molecule has 0 aromatic heterocycles. The molecule has 0 amide bonds. The molecule has 0 aliphatic carbocycles. The van der Waals surface area contributed by atoms with Crippen molar-refractivity contribution in [3.05, 3.63) is 39.3 Å². The number of hydrogen-bond acceptors (Lipinski definition) is 5. The molecule has 0 saturated heterocycles. The number of nitrogens with zero attached hydrogens (tertiary/aromatic N) is 1. The van der Waals surface area contributed by atoms with Gasteiger partial charge >= 0.3 is 5.97 Å². The predicted octanol–water partition coefficient (Wildman–Crippen LogP) is 2.89. The molecule has 6 nitrogen and oxygen atoms in total. The number of ether oxygens (including phenoxy) is 1. The summed E-state index contributed by atoms with van der Waals surface area (Å²) < 4.78 is 19.3. The quantitative estimate of drug-likeness (QED) is 0.577. The fraction of sp³-hybridized carbons (Fsp3) is 0.231. The number of hydrogen-bond donors (Lipinski definition) is 3. The highest BCUT2D eigenvalue weighted by molar-refractivity contribution is 6.45. The minimum absolute atomic E-state index is 0.00613. The van der Waals surface area contributed by atoms with Gasteiger partial charge in [-0.1, -0.05) is 34.4 Å². The number of halogens is 3. The molecule has 22 heavy (non-hydrogen) atoms. The molecule has 0 radical (unpaired) electrons. The smallest absolute Gasteiger partial charge is 0.353 e. The lowest BCUT2D eigenvalue weighted by molar-refractivity contribution is -0.133. The average Bonchev–Trinajstić information content (AvgIpc) is 2.48. The van der Waals surface area contributed by atoms with Crippen molar-refractivity contribution in [2.75, 3.05) is 7.11 Å². The molecule has 118 valence electrons. The first-order valence-corrected chi connectivity index (χ1v) is 6.79. The molecule has 1 aromatic carbocycles. The minimum Gasteiger partial charge on any atom is -0.492 e. The molecule has 1 atom stereocenters. The summed E-state index contributed by atoms with van der Waals surface area (Å²) in [6.07, 6.45) is -0.00613. The molecule has 0 bridgehead atoms. The lowest BCUT2D eigenvalue weighted by Crippen LogP contribution is -2.34. The summed E-state index contributed by atoms with van der Waals surface area (Å²) in [5, 5.41) is 23.5. The predicted molar refractivity (Wildman–Crippen MR) is 78.2 cm³/mol. The number of carboxylic acid groups (broad SMARTS) is 1. The Hall–Kier alpha value is -1.99. The molecular weight excluding hydrogens is 338 g/mol. The second-order valence-electron chi connectivity index (χ2n) is 4.43. The normalized spacial score (nSPS) is 20.0. The Labute approximate surface area is 134 Å². The van der Waals surface area contributed by atoms with Crippen molar-refractivity contribution < 1.29 is 24.2 Å². The molecule has 1 aliphatic heterocycles. The van der Waals surface area contributed by atoms with Gasteiger partial charge in [0.15, 0.2) is 11.6 Å². The molecule has 0 saturated carbocycles. The van der Waals surface area contributed by atoms with Gasteiger partial charge in [0.1, 0.15) is 11.4 Å². The number of aliphatic carboxylic acids is 1. The number of oxime groups is 1. The number of allylic oxidation sites excluding steroid dienone is 1. The van der Waals surface area contributed by atoms with E-state index in [1.54, 1.807) is 0 Å². The van der Waals surface area contributed by atoms with E-state index in [0.717, 1.165) is 0 Å². The number of carboxylic acids is 1. The van der Waals surface area contributed by atoms with Crippen LogP contribution in [-0.2, 0) is 4.79 Å². The summed E-state index contributed by atoms with van der Waals surface area (Å²) in [5.41, 5.74) is -0.319. The van der Waals surface area contributed by atoms with Crippen molar-refractivity contribution in [3.63, 3.8) is 0 Å². The first-order chi connectivity index (χ1) is 10.4. The van der Waals surface area contributed by atoms with E-state index in [1.807, 2.05) is 0 Å². The first-order valence-electron chi connectivity index (χ1n) is 6.03. The standard InChI is InChI=1S/C13H11Cl2FN2O4/c1-22-12-6(14)3-2-5(10(12)16)7-4-8(18-21)9(15)11(17-7)13(19)20/h2-3,7,17,21H,4H2,1H3,(H,19,20). The van der Waals surface area contributed by atoms with Crippen LogP contribution in [0.1, 0.15) is 18.0 Å². The molecule has 0 fully saturated rings. The fourth-order valence-corrected chi connectivity index (χ4v) is 2.62. The lowest BCUT2D eigenvalue weighted by Gasteiger charge is -2.27. The third-order valence-corrected chi connectivity index (χ3v) is 3.89. The highest BCUT2D eigenvalue weighted by Crippen LogP contribution is 2.36. The molecule has 1 aromatic rings. The highest BCUT2D eigenvalue weighted by Gasteiger charge is 2.32. The van der Waals surface area contributed by atoms with Gasteiger partial charge < -0.3 is 20.4 Å². The number of carbonyl (C=O) groups is 1. The van der Waals surface area contributed by atoms with Crippen LogP contribution in [0.25, 0.3) is 0 Å². The van der Waals surface area contributed by atoms with Gasteiger partial charge in [-0.15, -0.1) is 0 Å². The second-order valence-corrected chi connectivity index (χ2v) is 5.21. The topological polar surface area (TPSA) is 91.2 Å². The average molecular weight is 349 g/mol. The van der Waals surface area contributed by atoms with Crippen molar-refractivity contribution in [2.45, 2.75) is 12.5 Å². The maximum absolute atomic E-state index is 14.4. The minimum atomic E-state index is -1.35. The van der Waals surface area contributed by atoms with Crippen LogP contribution in [0.4, 0.5) is 4.39 Å². The fourth-order valence-electron chi connectivity index (χ4n) is 2.15. The van der Waals surface area contributed by atoms with E-state index in [-0.39, 0.29) is 39.2 Å². The highest BCUT2D eigenvalue weighted by atomic mass is 35.5. The third kappa shape index (κ3) is 2.82. The Balaban J connectivity index is 2.50. The van der Waals surface area contributed by atoms with Crippen LogP contribution in [0, 0.1) is 5.82 Å². The molecule has 9 heteroatoms. The Morgan fingerprint density at radius 3 is 2.73 bits per heavy atom. The maximum atomic E-state index is 14.4. The lowest BCUT2D eigenvalue weighted by atomic mass is 9.96. The van der Waals surface area contributed by atoms with Crippen molar-refractivity contribution in [3.8, 4) is 5.75 Å². The molecular formula is C13H11Cl2FN2O4. The zero-order chi connectivity index (χ0) is 16.4. The maximum Gasteiger partial charge on any atom is 0.353 e. The van der Waals surface area contributed by atoms with Crippen molar-refractivity contribution >= 4 is 34.9 Å². The summed E-state index contributed by atoms with van der Waals surface area (Å²) in [4.78, 5) is 11.2. The van der Waals surface area contributed by atoms with Gasteiger partial charge in [-0.25, -0.2) is 9.18 Å². The largest absolute Gasteiger partial charge is 0.492 e. The van der Waals surface area contributed by atoms with Gasteiger partial charge in [0.2, 0.25) is 0 Å². The van der Waals surface area contributed by atoms with Gasteiger partial charge in [-0.3, -0.25) is 0 Å². The van der Waals surface area contributed by atoms with Gasteiger partial charge in [0, 0.05) is 12.0 Å². The van der Waals surface area contributed by atoms with Crippen molar-refractivity contribution in [1.29, 1.82) is 0 Å². The Bertz CT molecular complexity index is 691. The van der Waals surface area contributed by atoms with E-state index >= 15 is 0 Å². The zero-order valence-electron chi connectivity index (χ0n) is 11.2. The van der Waals surface area contributed by atoms with Gasteiger partial charge in [0.25, 0.3) is 0 Å². The van der Waals surface area contributed by atoms with E-state index in [0.29, 0.717) is 0 Å². The summed E-state index contributed by atoms with van der Waals surface area (Å²) in [7, 11) is 1.27. The molecule has 1 aliphatic rings. The number of benzene rings is 1. The summed E-state index contributed by atoms with van der Waals surface area (Å²) >= 11 is 11.7. The van der Waals surface area contributed by atoms with Crippen LogP contribution in [-0.4, -0.2) is 29.1 Å². The molecule has 1 unspecified atom stereocenters. The van der Waals surface area contributed by atoms with Gasteiger partial charge in [-0.2, -0.15) is 0 Å². The molecule has 3 N–H and O–H groups in total. The van der Waals surface area contributed by atoms with Crippen molar-refractivity contribution in [2.24, 2.45) is 5.16 Å². The van der Waals surface area contributed by atoms with Crippen LogP contribution in [0.2, 0.25) is 5.02 Å². The number of nitrogens with one attached hydrogen (secondary N) is 1. The Kier molecular flexibility index (Phi) is 4.77. The summed E-state index contributed by atoms with van der Waals surface area (Å²) in [6, 6.07) is 2.02. The summed E-state index contributed by atoms with van der Waals surface area (Å²) in [5.74, 6) is -2.23.